The third-order valence-corrected chi connectivity index (χ3v) is 1.63. The van der Waals surface area contributed by atoms with Gasteiger partial charge in [-0.05, 0) is 12.1 Å². The van der Waals surface area contributed by atoms with E-state index < -0.39 is 0 Å². The molecule has 0 radical (unpaired) electrons. The fourth-order valence-electron chi connectivity index (χ4n) is 0.783. The van der Waals surface area contributed by atoms with Crippen molar-refractivity contribution in [2.45, 2.75) is 6.42 Å². The molecule has 0 aliphatic rings. The Morgan fingerprint density at radius 2 is 2.36 bits per heavy atom. The van der Waals surface area contributed by atoms with Gasteiger partial charge >= 0.3 is 0 Å². The zero-order valence-corrected chi connectivity index (χ0v) is 8.41. The average Bonchev–Trinajstić information content (AvgIpc) is 2.18. The Labute approximate surface area is 86.4 Å². The van der Waals surface area contributed by atoms with Gasteiger partial charge in [-0.1, -0.05) is 11.6 Å². The Kier molecular flexibility index (Phi) is 4.28. The van der Waals surface area contributed by atoms with Crippen molar-refractivity contribution >= 4 is 23.3 Å². The molecule has 0 bridgehead atoms. The number of carbonyl (C=O) groups excluding carboxylic acids is 1. The number of nitrogens with one attached hydrogen (secondary N) is 1. The van der Waals surface area contributed by atoms with Gasteiger partial charge in [0.25, 0.3) is 0 Å². The lowest BCUT2D eigenvalue weighted by atomic mass is 10.4. The van der Waals surface area contributed by atoms with E-state index in [4.69, 9.17) is 16.3 Å². The van der Waals surface area contributed by atoms with E-state index >= 15 is 0 Å². The van der Waals surface area contributed by atoms with E-state index in [1.54, 1.807) is 12.1 Å². The smallest absolute Gasteiger partial charge is 0.227 e. The molecular formula is C8H10ClN3O2. The molecule has 0 unspecified atom stereocenters. The monoisotopic (exact) mass is 215 g/mol. The number of hydrogen-bond donors (Lipinski definition) is 1. The number of ether oxygens (including phenoxy) is 1. The van der Waals surface area contributed by atoms with E-state index in [2.05, 4.69) is 15.5 Å². The van der Waals surface area contributed by atoms with E-state index in [1.807, 2.05) is 0 Å². The van der Waals surface area contributed by atoms with Gasteiger partial charge in [0.15, 0.2) is 11.0 Å². The van der Waals surface area contributed by atoms with Gasteiger partial charge in [-0.25, -0.2) is 0 Å². The second-order valence-corrected chi connectivity index (χ2v) is 2.92. The molecule has 1 aromatic heterocycles. The van der Waals surface area contributed by atoms with Crippen LogP contribution in [-0.4, -0.2) is 29.8 Å². The van der Waals surface area contributed by atoms with Gasteiger partial charge in [0.05, 0.1) is 13.0 Å². The first kappa shape index (κ1) is 10.9. The van der Waals surface area contributed by atoms with Gasteiger partial charge in [-0.15, -0.1) is 10.2 Å². The minimum absolute atomic E-state index is 0.163. The standard InChI is InChI=1S/C8H10ClN3O2/c1-14-5-4-8(13)10-7-3-2-6(9)11-12-7/h2-3H,4-5H2,1H3,(H,10,12,13). The number of methoxy groups -OCH3 is 1. The Hall–Kier alpha value is -1.20. The van der Waals surface area contributed by atoms with Gasteiger partial charge < -0.3 is 10.1 Å². The van der Waals surface area contributed by atoms with Crippen molar-refractivity contribution in [3.63, 3.8) is 0 Å². The van der Waals surface area contributed by atoms with Crippen LogP contribution in [0.1, 0.15) is 6.42 Å². The predicted octanol–water partition coefficient (Wildman–Crippen LogP) is 1.10. The minimum atomic E-state index is -0.163. The molecule has 1 heterocycles. The molecule has 0 aliphatic carbocycles. The lowest BCUT2D eigenvalue weighted by molar-refractivity contribution is -0.117. The fraction of sp³-hybridized carbons (Fsp3) is 0.375. The van der Waals surface area contributed by atoms with Gasteiger partial charge in [0, 0.05) is 7.11 Å². The summed E-state index contributed by atoms with van der Waals surface area (Å²) in [6.07, 6.45) is 0.292. The number of halogens is 1. The maximum Gasteiger partial charge on any atom is 0.227 e. The van der Waals surface area contributed by atoms with Gasteiger partial charge in [-0.2, -0.15) is 0 Å². The van der Waals surface area contributed by atoms with Crippen molar-refractivity contribution in [1.82, 2.24) is 10.2 Å². The molecule has 0 fully saturated rings. The third-order valence-electron chi connectivity index (χ3n) is 1.43. The summed E-state index contributed by atoms with van der Waals surface area (Å²) in [6, 6.07) is 3.14. The van der Waals surface area contributed by atoms with Crippen molar-refractivity contribution in [3.05, 3.63) is 17.3 Å². The van der Waals surface area contributed by atoms with E-state index in [0.29, 0.717) is 24.0 Å². The molecule has 1 rings (SSSR count). The van der Waals surface area contributed by atoms with Crippen molar-refractivity contribution < 1.29 is 9.53 Å². The summed E-state index contributed by atoms with van der Waals surface area (Å²) in [6.45, 7) is 0.382. The number of amides is 1. The molecule has 14 heavy (non-hydrogen) atoms. The minimum Gasteiger partial charge on any atom is -0.384 e. The molecule has 1 N–H and O–H groups in total. The Morgan fingerprint density at radius 3 is 2.93 bits per heavy atom. The maximum absolute atomic E-state index is 11.2. The molecule has 76 valence electrons. The highest BCUT2D eigenvalue weighted by Crippen LogP contribution is 2.05. The van der Waals surface area contributed by atoms with Crippen LogP contribution in [0.2, 0.25) is 5.15 Å². The maximum atomic E-state index is 11.2. The summed E-state index contributed by atoms with van der Waals surface area (Å²) in [5, 5.41) is 10.1. The summed E-state index contributed by atoms with van der Waals surface area (Å²) < 4.78 is 4.75. The topological polar surface area (TPSA) is 64.1 Å². The summed E-state index contributed by atoms with van der Waals surface area (Å²) in [5.74, 6) is 0.221. The molecule has 0 aliphatic heterocycles. The van der Waals surface area contributed by atoms with Crippen LogP contribution >= 0.6 is 11.6 Å². The summed E-state index contributed by atoms with van der Waals surface area (Å²) in [5.41, 5.74) is 0. The second-order valence-electron chi connectivity index (χ2n) is 2.53. The van der Waals surface area contributed by atoms with Gasteiger partial charge in [0.1, 0.15) is 0 Å². The molecule has 1 amide bonds. The first-order valence-electron chi connectivity index (χ1n) is 4.00. The lowest BCUT2D eigenvalue weighted by Crippen LogP contribution is -2.14. The van der Waals surface area contributed by atoms with E-state index in [-0.39, 0.29) is 5.91 Å². The summed E-state index contributed by atoms with van der Waals surface area (Å²) in [4.78, 5) is 11.2. The predicted molar refractivity (Wildman–Crippen MR) is 52.2 cm³/mol. The zero-order chi connectivity index (χ0) is 10.4. The van der Waals surface area contributed by atoms with E-state index in [9.17, 15) is 4.79 Å². The highest BCUT2D eigenvalue weighted by molar-refractivity contribution is 6.29. The fourth-order valence-corrected chi connectivity index (χ4v) is 0.884. The van der Waals surface area contributed by atoms with Crippen LogP contribution in [-0.2, 0) is 9.53 Å². The summed E-state index contributed by atoms with van der Waals surface area (Å²) in [7, 11) is 1.54. The van der Waals surface area contributed by atoms with Crippen molar-refractivity contribution in [1.29, 1.82) is 0 Å². The second kappa shape index (κ2) is 5.51. The van der Waals surface area contributed by atoms with Crippen LogP contribution in [0.25, 0.3) is 0 Å². The van der Waals surface area contributed by atoms with Gasteiger partial charge in [0.2, 0.25) is 5.91 Å². The number of aromatic nitrogens is 2. The van der Waals surface area contributed by atoms with E-state index in [0.717, 1.165) is 0 Å². The highest BCUT2D eigenvalue weighted by Gasteiger charge is 2.02. The normalized spacial score (nSPS) is 9.86. The highest BCUT2D eigenvalue weighted by atomic mass is 35.5. The average molecular weight is 216 g/mol. The molecule has 0 saturated heterocycles. The molecular weight excluding hydrogens is 206 g/mol. The number of nitrogens with zero attached hydrogens (tertiary/aromatic N) is 2. The van der Waals surface area contributed by atoms with Crippen LogP contribution in [0, 0.1) is 0 Å². The molecule has 6 heteroatoms. The first-order valence-corrected chi connectivity index (χ1v) is 4.38. The molecule has 0 spiro atoms. The van der Waals surface area contributed by atoms with Crippen LogP contribution in [0.15, 0.2) is 12.1 Å². The molecule has 1 aromatic rings. The Bertz CT molecular complexity index is 302. The lowest BCUT2D eigenvalue weighted by Gasteiger charge is -2.02. The largest absolute Gasteiger partial charge is 0.384 e. The molecule has 5 nitrogen and oxygen atoms in total. The summed E-state index contributed by atoms with van der Waals surface area (Å²) >= 11 is 5.53. The van der Waals surface area contributed by atoms with Crippen LogP contribution in [0.5, 0.6) is 0 Å². The number of carbonyl (C=O) groups is 1. The number of anilines is 1. The third kappa shape index (κ3) is 3.68. The SMILES string of the molecule is COCCC(=O)Nc1ccc(Cl)nn1. The quantitative estimate of drug-likeness (QED) is 0.817. The molecule has 0 aromatic carbocycles. The Balaban J connectivity index is 2.44. The molecule has 0 atom stereocenters. The first-order chi connectivity index (χ1) is 6.72. The van der Waals surface area contributed by atoms with Crippen molar-refractivity contribution in [3.8, 4) is 0 Å². The van der Waals surface area contributed by atoms with Crippen LogP contribution in [0.4, 0.5) is 5.82 Å². The number of hydrogen-bond acceptors (Lipinski definition) is 4. The van der Waals surface area contributed by atoms with Crippen molar-refractivity contribution in [2.24, 2.45) is 0 Å². The van der Waals surface area contributed by atoms with Crippen molar-refractivity contribution in [2.75, 3.05) is 19.0 Å². The van der Waals surface area contributed by atoms with Crippen LogP contribution in [0.3, 0.4) is 0 Å². The van der Waals surface area contributed by atoms with Gasteiger partial charge in [-0.3, -0.25) is 4.79 Å². The molecule has 0 saturated carbocycles. The zero-order valence-electron chi connectivity index (χ0n) is 7.66. The Morgan fingerprint density at radius 1 is 1.57 bits per heavy atom. The van der Waals surface area contributed by atoms with E-state index in [1.165, 1.54) is 7.11 Å². The van der Waals surface area contributed by atoms with Crippen LogP contribution < -0.4 is 5.32 Å². The number of rotatable bonds is 4.